The van der Waals surface area contributed by atoms with E-state index in [4.69, 9.17) is 11.6 Å². The van der Waals surface area contributed by atoms with Gasteiger partial charge in [0, 0.05) is 31.9 Å². The summed E-state index contributed by atoms with van der Waals surface area (Å²) in [5.41, 5.74) is 1.14. The van der Waals surface area contributed by atoms with Crippen molar-refractivity contribution in [1.82, 2.24) is 4.90 Å². The first-order valence-corrected chi connectivity index (χ1v) is 11.8. The number of carbonyl (C=O) groups is 2. The molecule has 2 aromatic rings. The maximum absolute atomic E-state index is 13.1. The Labute approximate surface area is 185 Å². The predicted octanol–water partition coefficient (Wildman–Crippen LogP) is 2.75. The zero-order valence-electron chi connectivity index (χ0n) is 16.8. The highest BCUT2D eigenvalue weighted by Gasteiger charge is 2.42. The summed E-state index contributed by atoms with van der Waals surface area (Å²) in [6, 6.07) is 10.4. The van der Waals surface area contributed by atoms with E-state index in [0.717, 1.165) is 9.99 Å². The molecule has 1 atom stereocenters. The number of carbonyl (C=O) groups excluding carboxylic acids is 2. The molecule has 7 nitrogen and oxygen atoms in total. The molecule has 2 heterocycles. The Morgan fingerprint density at radius 3 is 2.23 bits per heavy atom. The van der Waals surface area contributed by atoms with Crippen LogP contribution in [0.2, 0.25) is 5.02 Å². The minimum absolute atomic E-state index is 0.118. The zero-order chi connectivity index (χ0) is 22.3. The SMILES string of the molecule is CC1CS(=O)(=O)N(c2ccc(Cl)c(C(=O)N3CCN(c4ccc(F)cc4)CC3)c2)C1=O. The number of halogens is 2. The van der Waals surface area contributed by atoms with E-state index in [1.165, 1.54) is 30.3 Å². The Balaban J connectivity index is 1.52. The van der Waals surface area contributed by atoms with E-state index >= 15 is 0 Å². The van der Waals surface area contributed by atoms with Gasteiger partial charge in [0.1, 0.15) is 5.82 Å². The van der Waals surface area contributed by atoms with Crippen molar-refractivity contribution in [3.05, 3.63) is 58.9 Å². The summed E-state index contributed by atoms with van der Waals surface area (Å²) in [7, 11) is -3.78. The van der Waals surface area contributed by atoms with Gasteiger partial charge in [0.15, 0.2) is 0 Å². The lowest BCUT2D eigenvalue weighted by Crippen LogP contribution is -2.48. The molecule has 2 aromatic carbocycles. The third-order valence-electron chi connectivity index (χ3n) is 5.53. The Kier molecular flexibility index (Phi) is 5.65. The van der Waals surface area contributed by atoms with Crippen LogP contribution < -0.4 is 9.21 Å². The highest BCUT2D eigenvalue weighted by molar-refractivity contribution is 7.94. The van der Waals surface area contributed by atoms with Crippen LogP contribution in [-0.2, 0) is 14.8 Å². The second kappa shape index (κ2) is 8.12. The van der Waals surface area contributed by atoms with Crippen molar-refractivity contribution < 1.29 is 22.4 Å². The maximum atomic E-state index is 13.1. The van der Waals surface area contributed by atoms with Gasteiger partial charge in [0.05, 0.1) is 27.9 Å². The molecule has 0 saturated carbocycles. The fraction of sp³-hybridized carbons (Fsp3) is 0.333. The van der Waals surface area contributed by atoms with Crippen LogP contribution in [0.4, 0.5) is 15.8 Å². The van der Waals surface area contributed by atoms with Crippen molar-refractivity contribution >= 4 is 44.8 Å². The van der Waals surface area contributed by atoms with Crippen molar-refractivity contribution in [3.63, 3.8) is 0 Å². The number of nitrogens with zero attached hydrogens (tertiary/aromatic N) is 3. The number of piperazine rings is 1. The van der Waals surface area contributed by atoms with Crippen LogP contribution >= 0.6 is 11.6 Å². The van der Waals surface area contributed by atoms with Gasteiger partial charge in [-0.2, -0.15) is 0 Å². The normalized spacial score (nSPS) is 20.9. The first-order chi connectivity index (χ1) is 14.7. The van der Waals surface area contributed by atoms with Gasteiger partial charge in [-0.15, -0.1) is 0 Å². The second-order valence-electron chi connectivity index (χ2n) is 7.70. The molecule has 164 valence electrons. The second-order valence-corrected chi connectivity index (χ2v) is 9.97. The highest BCUT2D eigenvalue weighted by atomic mass is 35.5. The predicted molar refractivity (Wildman–Crippen MR) is 116 cm³/mol. The molecule has 2 saturated heterocycles. The van der Waals surface area contributed by atoms with Crippen molar-refractivity contribution in [1.29, 1.82) is 0 Å². The van der Waals surface area contributed by atoms with Gasteiger partial charge in [0.2, 0.25) is 15.9 Å². The van der Waals surface area contributed by atoms with Gasteiger partial charge in [-0.05, 0) is 42.5 Å². The van der Waals surface area contributed by atoms with Crippen LogP contribution in [0.1, 0.15) is 17.3 Å². The summed E-state index contributed by atoms with van der Waals surface area (Å²) >= 11 is 6.25. The van der Waals surface area contributed by atoms with Crippen LogP contribution in [0.25, 0.3) is 0 Å². The average Bonchev–Trinajstić information content (AvgIpc) is 2.95. The van der Waals surface area contributed by atoms with E-state index in [1.807, 2.05) is 0 Å². The molecule has 0 radical (unpaired) electrons. The maximum Gasteiger partial charge on any atom is 0.255 e. The van der Waals surface area contributed by atoms with E-state index in [1.54, 1.807) is 24.0 Å². The Morgan fingerprint density at radius 2 is 1.65 bits per heavy atom. The molecule has 0 bridgehead atoms. The number of sulfonamides is 1. The molecule has 0 spiro atoms. The van der Waals surface area contributed by atoms with E-state index in [-0.39, 0.29) is 33.8 Å². The van der Waals surface area contributed by atoms with Gasteiger partial charge in [0.25, 0.3) is 5.91 Å². The van der Waals surface area contributed by atoms with E-state index < -0.39 is 21.8 Å². The van der Waals surface area contributed by atoms with Crippen LogP contribution in [0.3, 0.4) is 0 Å². The number of rotatable bonds is 3. The highest BCUT2D eigenvalue weighted by Crippen LogP contribution is 2.32. The molecule has 10 heteroatoms. The lowest BCUT2D eigenvalue weighted by Gasteiger charge is -2.36. The van der Waals surface area contributed by atoms with E-state index in [2.05, 4.69) is 4.90 Å². The third kappa shape index (κ3) is 4.12. The molecule has 0 aromatic heterocycles. The summed E-state index contributed by atoms with van der Waals surface area (Å²) < 4.78 is 38.7. The lowest BCUT2D eigenvalue weighted by molar-refractivity contribution is -0.119. The molecular formula is C21H21ClFN3O4S. The van der Waals surface area contributed by atoms with Gasteiger partial charge in [-0.1, -0.05) is 18.5 Å². The quantitative estimate of drug-likeness (QED) is 0.696. The number of hydrogen-bond donors (Lipinski definition) is 0. The summed E-state index contributed by atoms with van der Waals surface area (Å²) in [6.07, 6.45) is 0. The molecule has 0 aliphatic carbocycles. The topological polar surface area (TPSA) is 78.0 Å². The van der Waals surface area contributed by atoms with Crippen molar-refractivity contribution in [2.24, 2.45) is 5.92 Å². The molecule has 2 amide bonds. The number of amides is 2. The summed E-state index contributed by atoms with van der Waals surface area (Å²) in [4.78, 5) is 29.2. The molecular weight excluding hydrogens is 445 g/mol. The first-order valence-electron chi connectivity index (χ1n) is 9.83. The standard InChI is InChI=1S/C21H21ClFN3O4S/c1-14-13-31(29,30)26(20(14)27)17-6-7-19(22)18(12-17)21(28)25-10-8-24(9-11-25)16-4-2-15(23)3-5-16/h2-7,12,14H,8-11,13H2,1H3. The minimum atomic E-state index is -3.78. The first kappa shape index (κ1) is 21.6. The fourth-order valence-corrected chi connectivity index (χ4v) is 5.89. The Hall–Kier alpha value is -2.65. The lowest BCUT2D eigenvalue weighted by atomic mass is 10.1. The summed E-state index contributed by atoms with van der Waals surface area (Å²) in [5, 5.41) is 0.187. The summed E-state index contributed by atoms with van der Waals surface area (Å²) in [5.74, 6) is -2.06. The third-order valence-corrected chi connectivity index (χ3v) is 7.73. The molecule has 2 fully saturated rings. The van der Waals surface area contributed by atoms with Crippen LogP contribution in [0.15, 0.2) is 42.5 Å². The average molecular weight is 466 g/mol. The Morgan fingerprint density at radius 1 is 1.03 bits per heavy atom. The number of benzene rings is 2. The van der Waals surface area contributed by atoms with Crippen LogP contribution in [0.5, 0.6) is 0 Å². The van der Waals surface area contributed by atoms with E-state index in [0.29, 0.717) is 26.2 Å². The monoisotopic (exact) mass is 465 g/mol. The number of hydrogen-bond acceptors (Lipinski definition) is 5. The van der Waals surface area contributed by atoms with Crippen LogP contribution in [-0.4, -0.2) is 57.1 Å². The molecule has 2 aliphatic rings. The van der Waals surface area contributed by atoms with Crippen molar-refractivity contribution in [2.45, 2.75) is 6.92 Å². The zero-order valence-corrected chi connectivity index (χ0v) is 18.4. The van der Waals surface area contributed by atoms with Gasteiger partial charge in [-0.25, -0.2) is 17.1 Å². The fourth-order valence-electron chi connectivity index (χ4n) is 3.88. The number of anilines is 2. The smallest absolute Gasteiger partial charge is 0.255 e. The van der Waals surface area contributed by atoms with E-state index in [9.17, 15) is 22.4 Å². The molecule has 4 rings (SSSR count). The minimum Gasteiger partial charge on any atom is -0.368 e. The largest absolute Gasteiger partial charge is 0.368 e. The molecule has 0 N–H and O–H groups in total. The van der Waals surface area contributed by atoms with Crippen molar-refractivity contribution in [2.75, 3.05) is 41.1 Å². The van der Waals surface area contributed by atoms with Crippen LogP contribution in [0, 0.1) is 11.7 Å². The molecule has 1 unspecified atom stereocenters. The Bertz CT molecular complexity index is 1130. The van der Waals surface area contributed by atoms with Gasteiger partial charge >= 0.3 is 0 Å². The summed E-state index contributed by atoms with van der Waals surface area (Å²) in [6.45, 7) is 3.53. The van der Waals surface area contributed by atoms with Gasteiger partial charge in [-0.3, -0.25) is 9.59 Å². The van der Waals surface area contributed by atoms with Gasteiger partial charge < -0.3 is 9.80 Å². The molecule has 31 heavy (non-hydrogen) atoms. The van der Waals surface area contributed by atoms with Crippen molar-refractivity contribution in [3.8, 4) is 0 Å². The molecule has 2 aliphatic heterocycles.